The minimum Gasteiger partial charge on any atom is -0.497 e. The fraction of sp³-hybridized carbons (Fsp3) is 0.217. The lowest BCUT2D eigenvalue weighted by Gasteiger charge is -2.09. The SMILES string of the molecule is COc1ccc(CCNc2ccc(OCCc3ccccc3)cc2)cc1. The molecule has 0 bridgehead atoms. The van der Waals surface area contributed by atoms with E-state index < -0.39 is 0 Å². The van der Waals surface area contributed by atoms with Crippen molar-refractivity contribution in [2.45, 2.75) is 12.8 Å². The zero-order valence-electron chi connectivity index (χ0n) is 15.2. The van der Waals surface area contributed by atoms with E-state index >= 15 is 0 Å². The van der Waals surface area contributed by atoms with Crippen LogP contribution in [-0.4, -0.2) is 20.3 Å². The summed E-state index contributed by atoms with van der Waals surface area (Å²) in [5.41, 5.74) is 3.69. The van der Waals surface area contributed by atoms with E-state index in [1.54, 1.807) is 7.11 Å². The molecule has 0 aliphatic heterocycles. The van der Waals surface area contributed by atoms with Crippen molar-refractivity contribution in [1.82, 2.24) is 0 Å². The second kappa shape index (κ2) is 9.52. The third-order valence-electron chi connectivity index (χ3n) is 4.26. The first-order chi connectivity index (χ1) is 12.8. The van der Waals surface area contributed by atoms with Gasteiger partial charge in [0.1, 0.15) is 11.5 Å². The molecule has 0 unspecified atom stereocenters. The molecule has 134 valence electrons. The van der Waals surface area contributed by atoms with Crippen molar-refractivity contribution in [1.29, 1.82) is 0 Å². The molecule has 26 heavy (non-hydrogen) atoms. The van der Waals surface area contributed by atoms with Crippen LogP contribution < -0.4 is 14.8 Å². The van der Waals surface area contributed by atoms with Gasteiger partial charge in [-0.3, -0.25) is 0 Å². The third-order valence-corrected chi connectivity index (χ3v) is 4.26. The van der Waals surface area contributed by atoms with Crippen molar-refractivity contribution in [3.63, 3.8) is 0 Å². The van der Waals surface area contributed by atoms with Gasteiger partial charge < -0.3 is 14.8 Å². The van der Waals surface area contributed by atoms with Gasteiger partial charge in [0.15, 0.2) is 0 Å². The topological polar surface area (TPSA) is 30.5 Å². The minimum atomic E-state index is 0.689. The molecule has 0 saturated heterocycles. The lowest BCUT2D eigenvalue weighted by atomic mass is 10.1. The molecule has 3 nitrogen and oxygen atoms in total. The molecular weight excluding hydrogens is 322 g/mol. The molecule has 0 aromatic heterocycles. The highest BCUT2D eigenvalue weighted by molar-refractivity contribution is 5.46. The van der Waals surface area contributed by atoms with Gasteiger partial charge in [-0.15, -0.1) is 0 Å². The molecule has 0 radical (unpaired) electrons. The first-order valence-electron chi connectivity index (χ1n) is 8.97. The molecule has 3 rings (SSSR count). The van der Waals surface area contributed by atoms with Crippen molar-refractivity contribution < 1.29 is 9.47 Å². The number of ether oxygens (including phenoxy) is 2. The minimum absolute atomic E-state index is 0.689. The summed E-state index contributed by atoms with van der Waals surface area (Å²) in [5.74, 6) is 1.80. The van der Waals surface area contributed by atoms with E-state index in [0.717, 1.165) is 36.6 Å². The highest BCUT2D eigenvalue weighted by atomic mass is 16.5. The van der Waals surface area contributed by atoms with Crippen LogP contribution in [0, 0.1) is 0 Å². The second-order valence-electron chi connectivity index (χ2n) is 6.13. The smallest absolute Gasteiger partial charge is 0.119 e. The summed E-state index contributed by atoms with van der Waals surface area (Å²) in [6.45, 7) is 1.58. The third kappa shape index (κ3) is 5.55. The molecule has 0 aliphatic carbocycles. The predicted molar refractivity (Wildman–Crippen MR) is 107 cm³/mol. The van der Waals surface area contributed by atoms with E-state index in [2.05, 4.69) is 53.8 Å². The summed E-state index contributed by atoms with van der Waals surface area (Å²) < 4.78 is 11.0. The lowest BCUT2D eigenvalue weighted by molar-refractivity contribution is 0.322. The van der Waals surface area contributed by atoms with Gasteiger partial charge in [-0.05, 0) is 53.9 Å². The number of methoxy groups -OCH3 is 1. The Kier molecular flexibility index (Phi) is 6.54. The standard InChI is InChI=1S/C23H25NO2/c1-25-22-11-7-20(8-12-22)15-17-24-21-9-13-23(14-10-21)26-18-16-19-5-3-2-4-6-19/h2-14,24H,15-18H2,1H3. The van der Waals surface area contributed by atoms with Gasteiger partial charge in [-0.25, -0.2) is 0 Å². The Hall–Kier alpha value is -2.94. The predicted octanol–water partition coefficient (Wildman–Crippen LogP) is 4.97. The zero-order valence-corrected chi connectivity index (χ0v) is 15.2. The van der Waals surface area contributed by atoms with E-state index in [4.69, 9.17) is 9.47 Å². The molecule has 0 amide bonds. The second-order valence-corrected chi connectivity index (χ2v) is 6.13. The molecule has 1 N–H and O–H groups in total. The summed E-state index contributed by atoms with van der Waals surface area (Å²) >= 11 is 0. The summed E-state index contributed by atoms with van der Waals surface area (Å²) in [6.07, 6.45) is 1.89. The number of nitrogens with one attached hydrogen (secondary N) is 1. The Labute approximate surface area is 155 Å². The van der Waals surface area contributed by atoms with Crippen molar-refractivity contribution in [3.8, 4) is 11.5 Å². The molecule has 3 aromatic carbocycles. The van der Waals surface area contributed by atoms with Crippen molar-refractivity contribution in [2.75, 3.05) is 25.6 Å². The van der Waals surface area contributed by atoms with Crippen LogP contribution >= 0.6 is 0 Å². The van der Waals surface area contributed by atoms with E-state index in [0.29, 0.717) is 6.61 Å². The maximum absolute atomic E-state index is 5.82. The van der Waals surface area contributed by atoms with E-state index in [-0.39, 0.29) is 0 Å². The van der Waals surface area contributed by atoms with Gasteiger partial charge in [0, 0.05) is 18.7 Å². The van der Waals surface area contributed by atoms with Crippen molar-refractivity contribution >= 4 is 5.69 Å². The quantitative estimate of drug-likeness (QED) is 0.593. The Balaban J connectivity index is 1.39. The van der Waals surface area contributed by atoms with Gasteiger partial charge in [0.05, 0.1) is 13.7 Å². The molecule has 0 saturated carbocycles. The number of hydrogen-bond acceptors (Lipinski definition) is 3. The van der Waals surface area contributed by atoms with Gasteiger partial charge in [0.2, 0.25) is 0 Å². The van der Waals surface area contributed by atoms with E-state index in [1.165, 1.54) is 11.1 Å². The number of hydrogen-bond donors (Lipinski definition) is 1. The van der Waals surface area contributed by atoms with Gasteiger partial charge >= 0.3 is 0 Å². The molecule has 3 heteroatoms. The van der Waals surface area contributed by atoms with Crippen LogP contribution in [0.25, 0.3) is 0 Å². The molecule has 0 heterocycles. The average Bonchev–Trinajstić information content (AvgIpc) is 2.70. The van der Waals surface area contributed by atoms with Crippen molar-refractivity contribution in [2.24, 2.45) is 0 Å². The maximum Gasteiger partial charge on any atom is 0.119 e. The number of anilines is 1. The summed E-state index contributed by atoms with van der Waals surface area (Å²) in [4.78, 5) is 0. The Morgan fingerprint density at radius 3 is 2.04 bits per heavy atom. The number of benzene rings is 3. The molecule has 0 fully saturated rings. The number of rotatable bonds is 9. The fourth-order valence-corrected chi connectivity index (χ4v) is 2.74. The summed E-state index contributed by atoms with van der Waals surface area (Å²) in [7, 11) is 1.69. The molecular formula is C23H25NO2. The van der Waals surface area contributed by atoms with Crippen LogP contribution in [0.4, 0.5) is 5.69 Å². The Morgan fingerprint density at radius 2 is 1.35 bits per heavy atom. The van der Waals surface area contributed by atoms with Crippen LogP contribution in [0.1, 0.15) is 11.1 Å². The van der Waals surface area contributed by atoms with Gasteiger partial charge in [0.25, 0.3) is 0 Å². The normalized spacial score (nSPS) is 10.3. The van der Waals surface area contributed by atoms with Crippen LogP contribution in [0.15, 0.2) is 78.9 Å². The first kappa shape index (κ1) is 17.9. The largest absolute Gasteiger partial charge is 0.497 e. The Morgan fingerprint density at radius 1 is 0.692 bits per heavy atom. The zero-order chi connectivity index (χ0) is 18.0. The van der Waals surface area contributed by atoms with Gasteiger partial charge in [-0.1, -0.05) is 42.5 Å². The van der Waals surface area contributed by atoms with Gasteiger partial charge in [-0.2, -0.15) is 0 Å². The summed E-state index contributed by atoms with van der Waals surface area (Å²) in [6, 6.07) is 26.7. The molecule has 3 aromatic rings. The van der Waals surface area contributed by atoms with Crippen LogP contribution in [0.3, 0.4) is 0 Å². The van der Waals surface area contributed by atoms with E-state index in [9.17, 15) is 0 Å². The summed E-state index contributed by atoms with van der Waals surface area (Å²) in [5, 5.41) is 3.44. The van der Waals surface area contributed by atoms with Crippen LogP contribution in [0.5, 0.6) is 11.5 Å². The van der Waals surface area contributed by atoms with Crippen LogP contribution in [-0.2, 0) is 12.8 Å². The first-order valence-corrected chi connectivity index (χ1v) is 8.97. The molecule has 0 atom stereocenters. The lowest BCUT2D eigenvalue weighted by Crippen LogP contribution is -2.05. The Bertz CT molecular complexity index is 768. The fourth-order valence-electron chi connectivity index (χ4n) is 2.74. The highest BCUT2D eigenvalue weighted by Crippen LogP contribution is 2.17. The van der Waals surface area contributed by atoms with Crippen molar-refractivity contribution in [3.05, 3.63) is 90.0 Å². The average molecular weight is 347 g/mol. The van der Waals surface area contributed by atoms with E-state index in [1.807, 2.05) is 30.3 Å². The highest BCUT2D eigenvalue weighted by Gasteiger charge is 1.98. The molecule has 0 spiro atoms. The monoisotopic (exact) mass is 347 g/mol. The maximum atomic E-state index is 5.82. The molecule has 0 aliphatic rings. The van der Waals surface area contributed by atoms with Crippen LogP contribution in [0.2, 0.25) is 0 Å².